The predicted octanol–water partition coefficient (Wildman–Crippen LogP) is 2.68. The molecule has 4 heteroatoms. The Morgan fingerprint density at radius 2 is 1.81 bits per heavy atom. The second kappa shape index (κ2) is 7.22. The summed E-state index contributed by atoms with van der Waals surface area (Å²) in [5.41, 5.74) is 2.46. The summed E-state index contributed by atoms with van der Waals surface area (Å²) in [6, 6.07) is 18.4. The molecule has 2 N–H and O–H groups in total. The Kier molecular flexibility index (Phi) is 5.08. The summed E-state index contributed by atoms with van der Waals surface area (Å²) in [4.78, 5) is 12.0. The second-order valence-corrected chi connectivity index (χ2v) is 4.77. The van der Waals surface area contributed by atoms with Gasteiger partial charge in [-0.2, -0.15) is 5.26 Å². The fourth-order valence-corrected chi connectivity index (χ4v) is 1.83. The molecule has 2 rings (SSSR count). The van der Waals surface area contributed by atoms with E-state index in [1.165, 1.54) is 0 Å². The lowest BCUT2D eigenvalue weighted by Gasteiger charge is -2.14. The molecule has 2 aromatic carbocycles. The number of carbonyl (C=O) groups excluding carboxylic acids is 1. The standard InChI is InChI=1S/C17H17N3O/c1-13(17(21)20-16-5-3-2-4-6-16)19-12-15-9-7-14(11-18)8-10-15/h2-10,13,19H,12H2,1H3,(H,20,21). The Morgan fingerprint density at radius 1 is 1.14 bits per heavy atom. The van der Waals surface area contributed by atoms with Crippen molar-refractivity contribution >= 4 is 11.6 Å². The highest BCUT2D eigenvalue weighted by Crippen LogP contribution is 2.06. The maximum Gasteiger partial charge on any atom is 0.241 e. The molecule has 0 aromatic heterocycles. The van der Waals surface area contributed by atoms with Crippen LogP contribution in [0.1, 0.15) is 18.1 Å². The average Bonchev–Trinajstić information content (AvgIpc) is 2.54. The lowest BCUT2D eigenvalue weighted by molar-refractivity contribution is -0.117. The van der Waals surface area contributed by atoms with Gasteiger partial charge in [-0.05, 0) is 36.8 Å². The smallest absolute Gasteiger partial charge is 0.241 e. The van der Waals surface area contributed by atoms with Crippen LogP contribution in [0.5, 0.6) is 0 Å². The van der Waals surface area contributed by atoms with Crippen molar-refractivity contribution in [2.45, 2.75) is 19.5 Å². The largest absolute Gasteiger partial charge is 0.325 e. The minimum Gasteiger partial charge on any atom is -0.325 e. The van der Waals surface area contributed by atoms with E-state index in [1.54, 1.807) is 12.1 Å². The number of nitrogens with one attached hydrogen (secondary N) is 2. The van der Waals surface area contributed by atoms with E-state index in [-0.39, 0.29) is 11.9 Å². The van der Waals surface area contributed by atoms with Gasteiger partial charge in [-0.25, -0.2) is 0 Å². The van der Waals surface area contributed by atoms with Crippen LogP contribution in [0, 0.1) is 11.3 Å². The molecule has 0 fully saturated rings. The third-order valence-electron chi connectivity index (χ3n) is 3.13. The number of hydrogen-bond acceptors (Lipinski definition) is 3. The van der Waals surface area contributed by atoms with Crippen molar-refractivity contribution in [3.8, 4) is 6.07 Å². The van der Waals surface area contributed by atoms with E-state index in [4.69, 9.17) is 5.26 Å². The summed E-state index contributed by atoms with van der Waals surface area (Å²) >= 11 is 0. The topological polar surface area (TPSA) is 64.9 Å². The molecule has 1 unspecified atom stereocenters. The van der Waals surface area contributed by atoms with Gasteiger partial charge in [-0.15, -0.1) is 0 Å². The molecule has 0 spiro atoms. The molecule has 21 heavy (non-hydrogen) atoms. The monoisotopic (exact) mass is 279 g/mol. The quantitative estimate of drug-likeness (QED) is 0.884. The molecule has 0 saturated heterocycles. The first-order valence-electron chi connectivity index (χ1n) is 6.77. The normalized spacial score (nSPS) is 11.4. The van der Waals surface area contributed by atoms with Crippen LogP contribution in [0.2, 0.25) is 0 Å². The Labute approximate surface area is 124 Å². The minimum atomic E-state index is -0.305. The predicted molar refractivity (Wildman–Crippen MR) is 82.5 cm³/mol. The summed E-state index contributed by atoms with van der Waals surface area (Å²) in [5.74, 6) is -0.0742. The van der Waals surface area contributed by atoms with Crippen LogP contribution in [0.3, 0.4) is 0 Å². The Morgan fingerprint density at radius 3 is 2.43 bits per heavy atom. The first-order chi connectivity index (χ1) is 10.2. The van der Waals surface area contributed by atoms with E-state index in [2.05, 4.69) is 16.7 Å². The van der Waals surface area contributed by atoms with Crippen LogP contribution in [0.4, 0.5) is 5.69 Å². The number of benzene rings is 2. The zero-order valence-electron chi connectivity index (χ0n) is 11.8. The molecule has 1 amide bonds. The van der Waals surface area contributed by atoms with Crippen molar-refractivity contribution in [3.63, 3.8) is 0 Å². The van der Waals surface area contributed by atoms with Gasteiger partial charge in [-0.1, -0.05) is 30.3 Å². The van der Waals surface area contributed by atoms with Crippen LogP contribution in [-0.4, -0.2) is 11.9 Å². The lowest BCUT2D eigenvalue weighted by atomic mass is 10.1. The highest BCUT2D eigenvalue weighted by molar-refractivity contribution is 5.94. The molecule has 2 aromatic rings. The maximum absolute atomic E-state index is 12.0. The fraction of sp³-hybridized carbons (Fsp3) is 0.176. The van der Waals surface area contributed by atoms with E-state index in [9.17, 15) is 4.79 Å². The molecule has 0 aliphatic rings. The van der Waals surface area contributed by atoms with Crippen LogP contribution >= 0.6 is 0 Å². The Hall–Kier alpha value is -2.64. The van der Waals surface area contributed by atoms with Crippen LogP contribution in [-0.2, 0) is 11.3 Å². The molecule has 0 radical (unpaired) electrons. The summed E-state index contributed by atoms with van der Waals surface area (Å²) in [5, 5.41) is 14.8. The number of nitriles is 1. The zero-order chi connectivity index (χ0) is 15.1. The number of amides is 1. The molecule has 106 valence electrons. The fourth-order valence-electron chi connectivity index (χ4n) is 1.83. The van der Waals surface area contributed by atoms with Crippen molar-refractivity contribution < 1.29 is 4.79 Å². The van der Waals surface area contributed by atoms with Crippen LogP contribution < -0.4 is 10.6 Å². The van der Waals surface area contributed by atoms with Gasteiger partial charge in [0.05, 0.1) is 17.7 Å². The highest BCUT2D eigenvalue weighted by Gasteiger charge is 2.12. The summed E-state index contributed by atoms with van der Waals surface area (Å²) < 4.78 is 0. The van der Waals surface area contributed by atoms with E-state index in [1.807, 2.05) is 49.4 Å². The van der Waals surface area contributed by atoms with Crippen molar-refractivity contribution in [2.75, 3.05) is 5.32 Å². The maximum atomic E-state index is 12.0. The number of rotatable bonds is 5. The van der Waals surface area contributed by atoms with Gasteiger partial charge in [0.2, 0.25) is 5.91 Å². The van der Waals surface area contributed by atoms with E-state index in [0.717, 1.165) is 11.3 Å². The molecule has 0 aliphatic heterocycles. The van der Waals surface area contributed by atoms with E-state index in [0.29, 0.717) is 12.1 Å². The minimum absolute atomic E-state index is 0.0742. The Balaban J connectivity index is 1.84. The third kappa shape index (κ3) is 4.44. The molecule has 4 nitrogen and oxygen atoms in total. The number of carbonyl (C=O) groups is 1. The van der Waals surface area contributed by atoms with E-state index < -0.39 is 0 Å². The van der Waals surface area contributed by atoms with Crippen LogP contribution in [0.15, 0.2) is 54.6 Å². The van der Waals surface area contributed by atoms with Gasteiger partial charge in [0.15, 0.2) is 0 Å². The molecular weight excluding hydrogens is 262 g/mol. The van der Waals surface area contributed by atoms with Crippen LogP contribution in [0.25, 0.3) is 0 Å². The third-order valence-corrected chi connectivity index (χ3v) is 3.13. The zero-order valence-corrected chi connectivity index (χ0v) is 11.8. The molecular formula is C17H17N3O. The number of para-hydroxylation sites is 1. The number of anilines is 1. The summed E-state index contributed by atoms with van der Waals surface area (Å²) in [6.07, 6.45) is 0. The van der Waals surface area contributed by atoms with Crippen molar-refractivity contribution in [1.29, 1.82) is 5.26 Å². The SMILES string of the molecule is CC(NCc1ccc(C#N)cc1)C(=O)Nc1ccccc1. The number of hydrogen-bond donors (Lipinski definition) is 2. The Bertz CT molecular complexity index is 629. The number of nitrogens with zero attached hydrogens (tertiary/aromatic N) is 1. The van der Waals surface area contributed by atoms with Crippen molar-refractivity contribution in [2.24, 2.45) is 0 Å². The first kappa shape index (κ1) is 14.8. The molecule has 0 bridgehead atoms. The lowest BCUT2D eigenvalue weighted by Crippen LogP contribution is -2.37. The first-order valence-corrected chi connectivity index (χ1v) is 6.77. The summed E-state index contributed by atoms with van der Waals surface area (Å²) in [6.45, 7) is 2.40. The average molecular weight is 279 g/mol. The van der Waals surface area contributed by atoms with Gasteiger partial charge in [0.1, 0.15) is 0 Å². The van der Waals surface area contributed by atoms with Gasteiger partial charge in [0, 0.05) is 12.2 Å². The molecule has 1 atom stereocenters. The van der Waals surface area contributed by atoms with Gasteiger partial charge in [0.25, 0.3) is 0 Å². The summed E-state index contributed by atoms with van der Waals surface area (Å²) in [7, 11) is 0. The van der Waals surface area contributed by atoms with E-state index >= 15 is 0 Å². The molecule has 0 saturated carbocycles. The highest BCUT2D eigenvalue weighted by atomic mass is 16.2. The van der Waals surface area contributed by atoms with Gasteiger partial charge < -0.3 is 10.6 Å². The second-order valence-electron chi connectivity index (χ2n) is 4.77. The van der Waals surface area contributed by atoms with Crippen molar-refractivity contribution in [3.05, 3.63) is 65.7 Å². The van der Waals surface area contributed by atoms with Gasteiger partial charge in [-0.3, -0.25) is 4.79 Å². The van der Waals surface area contributed by atoms with Gasteiger partial charge >= 0.3 is 0 Å². The molecule has 0 aliphatic carbocycles. The van der Waals surface area contributed by atoms with Crippen molar-refractivity contribution in [1.82, 2.24) is 5.32 Å². The molecule has 0 heterocycles.